The average Bonchev–Trinajstić information content (AvgIpc) is 2.70. The smallest absolute Gasteiger partial charge is 0.248 e. The third-order valence-electron chi connectivity index (χ3n) is 4.00. The van der Waals surface area contributed by atoms with Crippen LogP contribution in [0.4, 0.5) is 8.78 Å². The van der Waals surface area contributed by atoms with Crippen molar-refractivity contribution in [2.24, 2.45) is 0 Å². The quantitative estimate of drug-likeness (QED) is 0.652. The van der Waals surface area contributed by atoms with Gasteiger partial charge in [-0.25, -0.2) is 21.9 Å². The van der Waals surface area contributed by atoms with Crippen molar-refractivity contribution < 1.29 is 27.0 Å². The first-order valence-corrected chi connectivity index (χ1v) is 8.94. The third-order valence-corrected chi connectivity index (χ3v) is 4.69. The zero-order chi connectivity index (χ0) is 15.7. The van der Waals surface area contributed by atoms with Crippen molar-refractivity contribution in [2.75, 3.05) is 19.4 Å². The van der Waals surface area contributed by atoms with E-state index in [2.05, 4.69) is 10.0 Å². The van der Waals surface area contributed by atoms with Crippen LogP contribution in [-0.4, -0.2) is 63.1 Å². The maximum Gasteiger partial charge on any atom is 0.248 e. The molecule has 0 unspecified atom stereocenters. The number of ether oxygens (including phenoxy) is 1. The third kappa shape index (κ3) is 5.10. The van der Waals surface area contributed by atoms with Gasteiger partial charge in [0.1, 0.15) is 0 Å². The van der Waals surface area contributed by atoms with E-state index in [0.29, 0.717) is 12.8 Å². The Kier molecular flexibility index (Phi) is 5.19. The summed E-state index contributed by atoms with van der Waals surface area (Å²) in [6, 6.07) is -0.414. The summed E-state index contributed by atoms with van der Waals surface area (Å²) in [5, 5.41) is 13.3. The van der Waals surface area contributed by atoms with Gasteiger partial charge < -0.3 is 15.2 Å². The Labute approximate surface area is 123 Å². The fourth-order valence-electron chi connectivity index (χ4n) is 2.75. The van der Waals surface area contributed by atoms with Crippen LogP contribution in [0.1, 0.15) is 25.7 Å². The lowest BCUT2D eigenvalue weighted by atomic mass is 9.91. The second kappa shape index (κ2) is 6.41. The molecule has 3 atom stereocenters. The molecular weight excluding hydrogens is 306 g/mol. The standard InChI is InChI=1S/C12H22F2N2O4S/c1-21(18,19)15-6-10-11(17)9(7-20-10)16-8-2-4-12(13,14)5-3-8/h8-11,15-17H,2-7H2,1H3/t9-,10-,11+/m1/s1. The number of hydrogen-bond donors (Lipinski definition) is 3. The molecule has 0 bridgehead atoms. The lowest BCUT2D eigenvalue weighted by molar-refractivity contribution is -0.0421. The Bertz CT molecular complexity index is 450. The van der Waals surface area contributed by atoms with Crippen LogP contribution in [0.25, 0.3) is 0 Å². The highest BCUT2D eigenvalue weighted by Gasteiger charge is 2.40. The number of nitrogens with one attached hydrogen (secondary N) is 2. The first-order valence-electron chi connectivity index (χ1n) is 7.04. The number of rotatable bonds is 5. The van der Waals surface area contributed by atoms with Crippen molar-refractivity contribution in [1.29, 1.82) is 0 Å². The lowest BCUT2D eigenvalue weighted by Crippen LogP contribution is -2.49. The molecule has 1 saturated heterocycles. The van der Waals surface area contributed by atoms with E-state index in [0.717, 1.165) is 6.26 Å². The van der Waals surface area contributed by atoms with Gasteiger partial charge in [-0.05, 0) is 12.8 Å². The summed E-state index contributed by atoms with van der Waals surface area (Å²) in [6.07, 6.45) is -0.0122. The van der Waals surface area contributed by atoms with E-state index in [9.17, 15) is 22.3 Å². The predicted octanol–water partition coefficient (Wildman–Crippen LogP) is -0.169. The van der Waals surface area contributed by atoms with E-state index < -0.39 is 28.2 Å². The monoisotopic (exact) mass is 328 g/mol. The number of aliphatic hydroxyl groups is 1. The molecule has 0 aromatic rings. The van der Waals surface area contributed by atoms with Crippen LogP contribution in [0.3, 0.4) is 0 Å². The van der Waals surface area contributed by atoms with Gasteiger partial charge >= 0.3 is 0 Å². The second-order valence-electron chi connectivity index (χ2n) is 5.89. The van der Waals surface area contributed by atoms with Crippen molar-refractivity contribution in [3.05, 3.63) is 0 Å². The molecule has 2 fully saturated rings. The fraction of sp³-hybridized carbons (Fsp3) is 1.00. The fourth-order valence-corrected chi connectivity index (χ4v) is 3.22. The van der Waals surface area contributed by atoms with E-state index in [1.54, 1.807) is 0 Å². The van der Waals surface area contributed by atoms with Gasteiger partial charge in [0.2, 0.25) is 15.9 Å². The lowest BCUT2D eigenvalue weighted by Gasteiger charge is -2.31. The zero-order valence-electron chi connectivity index (χ0n) is 11.9. The van der Waals surface area contributed by atoms with Gasteiger partial charge in [-0.15, -0.1) is 0 Å². The van der Waals surface area contributed by atoms with E-state index in [1.807, 2.05) is 0 Å². The molecule has 2 aliphatic rings. The highest BCUT2D eigenvalue weighted by Crippen LogP contribution is 2.33. The Balaban J connectivity index is 1.78. The summed E-state index contributed by atoms with van der Waals surface area (Å²) in [7, 11) is -3.34. The van der Waals surface area contributed by atoms with Crippen molar-refractivity contribution in [2.45, 2.75) is 55.9 Å². The first kappa shape index (κ1) is 17.0. The summed E-state index contributed by atoms with van der Waals surface area (Å²) in [5.41, 5.74) is 0. The minimum absolute atomic E-state index is 0.000910. The molecule has 0 amide bonds. The van der Waals surface area contributed by atoms with Crippen molar-refractivity contribution >= 4 is 10.0 Å². The van der Waals surface area contributed by atoms with E-state index in [1.165, 1.54) is 0 Å². The van der Waals surface area contributed by atoms with Crippen LogP contribution in [0.2, 0.25) is 0 Å². The number of sulfonamides is 1. The van der Waals surface area contributed by atoms with Gasteiger partial charge in [0.05, 0.1) is 31.1 Å². The zero-order valence-corrected chi connectivity index (χ0v) is 12.7. The molecule has 1 saturated carbocycles. The minimum atomic E-state index is -3.34. The van der Waals surface area contributed by atoms with Crippen LogP contribution in [0.5, 0.6) is 0 Å². The Morgan fingerprint density at radius 2 is 1.95 bits per heavy atom. The molecule has 1 heterocycles. The van der Waals surface area contributed by atoms with Gasteiger partial charge in [0, 0.05) is 25.4 Å². The number of aliphatic hydroxyl groups excluding tert-OH is 1. The molecule has 0 spiro atoms. The normalized spacial score (nSPS) is 34.2. The van der Waals surface area contributed by atoms with Crippen LogP contribution in [-0.2, 0) is 14.8 Å². The summed E-state index contributed by atoms with van der Waals surface area (Å²) in [6.45, 7) is 0.241. The van der Waals surface area contributed by atoms with Crippen LogP contribution >= 0.6 is 0 Å². The van der Waals surface area contributed by atoms with E-state index in [-0.39, 0.29) is 38.1 Å². The van der Waals surface area contributed by atoms with Gasteiger partial charge in [-0.1, -0.05) is 0 Å². The Hall–Kier alpha value is -0.350. The van der Waals surface area contributed by atoms with Crippen LogP contribution in [0.15, 0.2) is 0 Å². The van der Waals surface area contributed by atoms with E-state index in [4.69, 9.17) is 4.74 Å². The van der Waals surface area contributed by atoms with Crippen molar-refractivity contribution in [3.8, 4) is 0 Å². The highest BCUT2D eigenvalue weighted by atomic mass is 32.2. The molecule has 0 radical (unpaired) electrons. The second-order valence-corrected chi connectivity index (χ2v) is 7.72. The molecule has 3 N–H and O–H groups in total. The van der Waals surface area contributed by atoms with Gasteiger partial charge in [-0.3, -0.25) is 0 Å². The van der Waals surface area contributed by atoms with E-state index >= 15 is 0 Å². The number of hydrogen-bond acceptors (Lipinski definition) is 5. The molecular formula is C12H22F2N2O4S. The highest BCUT2D eigenvalue weighted by molar-refractivity contribution is 7.88. The van der Waals surface area contributed by atoms with Crippen LogP contribution < -0.4 is 10.0 Å². The van der Waals surface area contributed by atoms with Gasteiger partial charge in [-0.2, -0.15) is 0 Å². The first-order chi connectivity index (χ1) is 9.66. The molecule has 2 rings (SSSR count). The maximum atomic E-state index is 13.1. The Morgan fingerprint density at radius 3 is 2.52 bits per heavy atom. The molecule has 1 aliphatic heterocycles. The molecule has 1 aliphatic carbocycles. The maximum absolute atomic E-state index is 13.1. The molecule has 6 nitrogen and oxygen atoms in total. The molecule has 9 heteroatoms. The Morgan fingerprint density at radius 1 is 1.33 bits per heavy atom. The average molecular weight is 328 g/mol. The predicted molar refractivity (Wildman–Crippen MR) is 72.7 cm³/mol. The molecule has 0 aromatic carbocycles. The molecule has 124 valence electrons. The molecule has 21 heavy (non-hydrogen) atoms. The van der Waals surface area contributed by atoms with Crippen molar-refractivity contribution in [3.63, 3.8) is 0 Å². The van der Waals surface area contributed by atoms with Crippen LogP contribution in [0, 0.1) is 0 Å². The topological polar surface area (TPSA) is 87.7 Å². The van der Waals surface area contributed by atoms with Gasteiger partial charge in [0.15, 0.2) is 0 Å². The van der Waals surface area contributed by atoms with Gasteiger partial charge in [0.25, 0.3) is 0 Å². The SMILES string of the molecule is CS(=O)(=O)NC[C@H]1OC[C@@H](NC2CCC(F)(F)CC2)[C@@H]1O. The summed E-state index contributed by atoms with van der Waals surface area (Å²) < 4.78 is 55.8. The summed E-state index contributed by atoms with van der Waals surface area (Å²) in [5.74, 6) is -2.58. The number of alkyl halides is 2. The number of halogens is 2. The molecule has 0 aromatic heterocycles. The summed E-state index contributed by atoms with van der Waals surface area (Å²) in [4.78, 5) is 0. The largest absolute Gasteiger partial charge is 0.389 e. The van der Waals surface area contributed by atoms with Crippen molar-refractivity contribution in [1.82, 2.24) is 10.0 Å². The minimum Gasteiger partial charge on any atom is -0.389 e. The summed E-state index contributed by atoms with van der Waals surface area (Å²) >= 11 is 0.